The van der Waals surface area contributed by atoms with E-state index in [1.54, 1.807) is 13.0 Å². The van der Waals surface area contributed by atoms with Crippen LogP contribution in [0.25, 0.3) is 0 Å². The van der Waals surface area contributed by atoms with Crippen LogP contribution >= 0.6 is 35.4 Å². The summed E-state index contributed by atoms with van der Waals surface area (Å²) in [4.78, 5) is 11.8. The van der Waals surface area contributed by atoms with E-state index < -0.39 is 12.0 Å². The molecular weight excluding hydrogens is 295 g/mol. The molecule has 1 amide bonds. The van der Waals surface area contributed by atoms with E-state index in [2.05, 4.69) is 10.6 Å². The molecule has 3 N–H and O–H groups in total. The van der Waals surface area contributed by atoms with Crippen LogP contribution in [-0.2, 0) is 0 Å². The summed E-state index contributed by atoms with van der Waals surface area (Å²) in [5.74, 6) is -0.431. The minimum Gasteiger partial charge on any atom is -0.392 e. The van der Waals surface area contributed by atoms with Crippen molar-refractivity contribution >= 4 is 46.4 Å². The van der Waals surface area contributed by atoms with Crippen molar-refractivity contribution in [2.45, 2.75) is 13.0 Å². The number of carbonyl (C=O) groups excluding carboxylic acids is 1. The van der Waals surface area contributed by atoms with Crippen molar-refractivity contribution in [3.8, 4) is 0 Å². The molecule has 7 heteroatoms. The second-order valence-electron chi connectivity index (χ2n) is 3.64. The average molecular weight is 307 g/mol. The topological polar surface area (TPSA) is 61.4 Å². The molecule has 18 heavy (non-hydrogen) atoms. The van der Waals surface area contributed by atoms with Crippen molar-refractivity contribution in [1.29, 1.82) is 0 Å². The van der Waals surface area contributed by atoms with Gasteiger partial charge in [0, 0.05) is 11.6 Å². The summed E-state index contributed by atoms with van der Waals surface area (Å²) < 4.78 is 0. The van der Waals surface area contributed by atoms with Gasteiger partial charge in [0.25, 0.3) is 5.91 Å². The lowest BCUT2D eigenvalue weighted by molar-refractivity contribution is 0.0976. The molecule has 1 atom stereocenters. The van der Waals surface area contributed by atoms with Gasteiger partial charge in [0.15, 0.2) is 5.11 Å². The number of thiocarbonyl (C=S) groups is 1. The summed E-state index contributed by atoms with van der Waals surface area (Å²) in [5.41, 5.74) is 0.280. The van der Waals surface area contributed by atoms with Gasteiger partial charge in [0.05, 0.1) is 16.7 Å². The first-order valence-corrected chi connectivity index (χ1v) is 6.29. The zero-order valence-electron chi connectivity index (χ0n) is 9.54. The summed E-state index contributed by atoms with van der Waals surface area (Å²) in [5, 5.41) is 15.0. The first-order chi connectivity index (χ1) is 8.40. The Morgan fingerprint density at radius 3 is 2.72 bits per heavy atom. The van der Waals surface area contributed by atoms with Crippen LogP contribution in [0.4, 0.5) is 0 Å². The largest absolute Gasteiger partial charge is 0.392 e. The van der Waals surface area contributed by atoms with Gasteiger partial charge in [-0.15, -0.1) is 0 Å². The normalized spacial score (nSPS) is 11.8. The van der Waals surface area contributed by atoms with Gasteiger partial charge in [-0.2, -0.15) is 0 Å². The highest BCUT2D eigenvalue weighted by Crippen LogP contribution is 2.20. The number of aliphatic hydroxyl groups excluding tert-OH is 1. The van der Waals surface area contributed by atoms with Crippen LogP contribution in [0.3, 0.4) is 0 Å². The Labute approximate surface area is 120 Å². The van der Waals surface area contributed by atoms with Crippen LogP contribution in [0.1, 0.15) is 17.3 Å². The smallest absolute Gasteiger partial charge is 0.258 e. The number of rotatable bonds is 3. The Balaban J connectivity index is 2.62. The highest BCUT2D eigenvalue weighted by Gasteiger charge is 2.12. The number of carbonyl (C=O) groups is 1. The fraction of sp³-hybridized carbons (Fsp3) is 0.273. The van der Waals surface area contributed by atoms with Crippen LogP contribution in [0.5, 0.6) is 0 Å². The maximum absolute atomic E-state index is 11.8. The number of nitrogens with one attached hydrogen (secondary N) is 2. The molecule has 0 heterocycles. The molecule has 0 aliphatic rings. The second-order valence-corrected chi connectivity index (χ2v) is 4.89. The number of hydrogen-bond acceptors (Lipinski definition) is 3. The third-order valence-corrected chi connectivity index (χ3v) is 2.76. The van der Waals surface area contributed by atoms with Crippen molar-refractivity contribution in [3.05, 3.63) is 33.8 Å². The zero-order valence-corrected chi connectivity index (χ0v) is 11.9. The number of amides is 1. The molecule has 0 radical (unpaired) electrons. The minimum absolute atomic E-state index is 0.131. The highest BCUT2D eigenvalue weighted by molar-refractivity contribution is 7.80. The molecule has 4 nitrogen and oxygen atoms in total. The van der Waals surface area contributed by atoms with Gasteiger partial charge < -0.3 is 10.4 Å². The summed E-state index contributed by atoms with van der Waals surface area (Å²) in [6.07, 6.45) is -0.557. The molecule has 0 bridgehead atoms. The van der Waals surface area contributed by atoms with Gasteiger partial charge >= 0.3 is 0 Å². The van der Waals surface area contributed by atoms with Crippen LogP contribution in [-0.4, -0.2) is 28.8 Å². The Bertz CT molecular complexity index is 466. The van der Waals surface area contributed by atoms with Crippen molar-refractivity contribution in [2.24, 2.45) is 0 Å². The standard InChI is InChI=1S/C11H12Cl2N2O2S/c1-6(16)5-14-11(18)15-10(17)8-3-2-7(12)4-9(8)13/h2-4,6,16H,5H2,1H3,(H2,14,15,17,18). The maximum Gasteiger partial charge on any atom is 0.258 e. The van der Waals surface area contributed by atoms with Crippen molar-refractivity contribution in [3.63, 3.8) is 0 Å². The summed E-state index contributed by atoms with van der Waals surface area (Å²) in [7, 11) is 0. The van der Waals surface area contributed by atoms with Crippen LogP contribution in [0, 0.1) is 0 Å². The van der Waals surface area contributed by atoms with Crippen LogP contribution in [0.2, 0.25) is 10.0 Å². The molecular formula is C11H12Cl2N2O2S. The Morgan fingerprint density at radius 2 is 2.17 bits per heavy atom. The average Bonchev–Trinajstić information content (AvgIpc) is 2.26. The van der Waals surface area contributed by atoms with Gasteiger partial charge in [0.1, 0.15) is 0 Å². The zero-order chi connectivity index (χ0) is 13.7. The lowest BCUT2D eigenvalue weighted by Gasteiger charge is -2.11. The van der Waals surface area contributed by atoms with Crippen molar-refractivity contribution in [1.82, 2.24) is 10.6 Å². The van der Waals surface area contributed by atoms with Gasteiger partial charge in [0.2, 0.25) is 0 Å². The maximum atomic E-state index is 11.8. The molecule has 0 aliphatic carbocycles. The molecule has 0 aliphatic heterocycles. The number of hydrogen-bond donors (Lipinski definition) is 3. The predicted octanol–water partition coefficient (Wildman–Crippen LogP) is 1.98. The highest BCUT2D eigenvalue weighted by atomic mass is 35.5. The molecule has 0 saturated heterocycles. The Morgan fingerprint density at radius 1 is 1.50 bits per heavy atom. The molecule has 0 fully saturated rings. The number of halogens is 2. The predicted molar refractivity (Wildman–Crippen MR) is 76.2 cm³/mol. The van der Waals surface area contributed by atoms with Gasteiger partial charge in [-0.25, -0.2) is 0 Å². The summed E-state index contributed by atoms with van der Waals surface area (Å²) >= 11 is 16.5. The molecule has 1 unspecified atom stereocenters. The summed E-state index contributed by atoms with van der Waals surface area (Å²) in [6, 6.07) is 4.55. The van der Waals surface area contributed by atoms with E-state index in [4.69, 9.17) is 40.5 Å². The molecule has 1 rings (SSSR count). The first kappa shape index (κ1) is 15.2. The lowest BCUT2D eigenvalue weighted by Crippen LogP contribution is -2.41. The molecule has 98 valence electrons. The van der Waals surface area contributed by atoms with Gasteiger partial charge in [-0.05, 0) is 37.3 Å². The number of benzene rings is 1. The molecule has 1 aromatic carbocycles. The monoisotopic (exact) mass is 306 g/mol. The fourth-order valence-electron chi connectivity index (χ4n) is 1.13. The third kappa shape index (κ3) is 4.78. The Hall–Kier alpha value is -0.880. The second kappa shape index (κ2) is 6.89. The third-order valence-electron chi connectivity index (χ3n) is 1.96. The summed E-state index contributed by atoms with van der Waals surface area (Å²) in [6.45, 7) is 1.86. The SMILES string of the molecule is CC(O)CNC(=S)NC(=O)c1ccc(Cl)cc1Cl. The van der Waals surface area contributed by atoms with Gasteiger partial charge in [-0.3, -0.25) is 10.1 Å². The lowest BCUT2D eigenvalue weighted by atomic mass is 10.2. The van der Waals surface area contributed by atoms with E-state index >= 15 is 0 Å². The van der Waals surface area contributed by atoms with Crippen molar-refractivity contribution in [2.75, 3.05) is 6.54 Å². The van der Waals surface area contributed by atoms with Crippen LogP contribution < -0.4 is 10.6 Å². The first-order valence-electron chi connectivity index (χ1n) is 5.12. The van der Waals surface area contributed by atoms with E-state index in [0.29, 0.717) is 5.02 Å². The van der Waals surface area contributed by atoms with Gasteiger partial charge in [-0.1, -0.05) is 23.2 Å². The molecule has 0 aromatic heterocycles. The molecule has 0 spiro atoms. The molecule has 0 saturated carbocycles. The minimum atomic E-state index is -0.557. The van der Waals surface area contributed by atoms with Crippen LogP contribution in [0.15, 0.2) is 18.2 Å². The number of aliphatic hydroxyl groups is 1. The Kier molecular flexibility index (Phi) is 5.81. The van der Waals surface area contributed by atoms with E-state index in [1.807, 2.05) is 0 Å². The fourth-order valence-corrected chi connectivity index (χ4v) is 1.80. The van der Waals surface area contributed by atoms with E-state index in [-0.39, 0.29) is 22.2 Å². The van der Waals surface area contributed by atoms with E-state index in [9.17, 15) is 4.79 Å². The van der Waals surface area contributed by atoms with E-state index in [0.717, 1.165) is 0 Å². The quantitative estimate of drug-likeness (QED) is 0.747. The van der Waals surface area contributed by atoms with E-state index in [1.165, 1.54) is 12.1 Å². The van der Waals surface area contributed by atoms with Crippen molar-refractivity contribution < 1.29 is 9.90 Å². The molecule has 1 aromatic rings.